The maximum atomic E-state index is 6.00. The van der Waals surface area contributed by atoms with Gasteiger partial charge in [0.25, 0.3) is 0 Å². The van der Waals surface area contributed by atoms with Crippen molar-refractivity contribution in [2.45, 2.75) is 85.0 Å². The molecule has 0 aromatic carbocycles. The fourth-order valence-electron chi connectivity index (χ4n) is 1.81. The van der Waals surface area contributed by atoms with Crippen LogP contribution in [-0.4, -0.2) is 19.0 Å². The van der Waals surface area contributed by atoms with Crippen LogP contribution in [0, 0.1) is 0 Å². The quantitative estimate of drug-likeness (QED) is 0.221. The summed E-state index contributed by atoms with van der Waals surface area (Å²) in [5.41, 5.74) is -2.09. The third kappa shape index (κ3) is 14.3. The van der Waals surface area contributed by atoms with Crippen molar-refractivity contribution < 1.29 is 9.05 Å². The molecule has 5 heteroatoms. The van der Waals surface area contributed by atoms with Gasteiger partial charge in [0, 0.05) is 5.75 Å². The third-order valence-corrected chi connectivity index (χ3v) is 8.74. The van der Waals surface area contributed by atoms with Gasteiger partial charge in [0.1, 0.15) is 0 Å². The fraction of sp³-hybridized carbons (Fsp3) is 1.00. The highest BCUT2D eigenvalue weighted by molar-refractivity contribution is 8.67. The normalized spacial score (nSPS) is 14.2. The lowest BCUT2D eigenvalue weighted by Crippen LogP contribution is -1.98. The van der Waals surface area contributed by atoms with Gasteiger partial charge in [0.15, 0.2) is 0 Å². The minimum absolute atomic E-state index is 0.753. The van der Waals surface area contributed by atoms with E-state index in [1.807, 2.05) is 0 Å². The lowest BCUT2D eigenvalue weighted by Gasteiger charge is -2.21. The highest BCUT2D eigenvalue weighted by atomic mass is 32.9. The number of hydrogen-bond donors (Lipinski definition) is 0. The van der Waals surface area contributed by atoms with Crippen LogP contribution in [-0.2, 0) is 20.9 Å². The molecule has 0 aromatic heterocycles. The maximum absolute atomic E-state index is 6.00. The van der Waals surface area contributed by atoms with Gasteiger partial charge in [-0.25, -0.2) is 0 Å². The summed E-state index contributed by atoms with van der Waals surface area (Å²) >= 11 is 7.43. The van der Waals surface area contributed by atoms with Crippen molar-refractivity contribution in [1.29, 1.82) is 0 Å². The largest absolute Gasteiger partial charge is 0.322 e. The van der Waals surface area contributed by atoms with Gasteiger partial charge in [-0.05, 0) is 31.1 Å². The molecule has 0 aliphatic rings. The monoisotopic (exact) mass is 354 g/mol. The second kappa shape index (κ2) is 15.8. The van der Waals surface area contributed by atoms with Crippen molar-refractivity contribution in [3.63, 3.8) is 0 Å². The summed E-state index contributed by atoms with van der Waals surface area (Å²) in [7, 11) is 0. The Labute approximate surface area is 142 Å². The van der Waals surface area contributed by atoms with Crippen LogP contribution >= 0.6 is 17.1 Å². The van der Waals surface area contributed by atoms with Gasteiger partial charge < -0.3 is 9.05 Å². The standard InChI is InChI=1S/C16H35O2PS2/c1-4-7-10-11-12-13-15-18-19(20,17-14-8-5-2)21-16-9-6-3/h4-16H2,1-3H3. The molecule has 2 nitrogen and oxygen atoms in total. The Morgan fingerprint density at radius 3 is 1.86 bits per heavy atom. The molecule has 128 valence electrons. The molecule has 0 N–H and O–H groups in total. The summed E-state index contributed by atoms with van der Waals surface area (Å²) in [5.74, 6) is 1.07. The van der Waals surface area contributed by atoms with E-state index in [2.05, 4.69) is 20.8 Å². The molecule has 0 bridgehead atoms. The molecule has 1 atom stereocenters. The zero-order valence-electron chi connectivity index (χ0n) is 14.3. The molecule has 0 fully saturated rings. The van der Waals surface area contributed by atoms with E-state index in [1.54, 1.807) is 11.4 Å². The van der Waals surface area contributed by atoms with Crippen molar-refractivity contribution in [1.82, 2.24) is 0 Å². The number of unbranched alkanes of at least 4 members (excludes halogenated alkanes) is 7. The van der Waals surface area contributed by atoms with Crippen LogP contribution in [0.4, 0.5) is 0 Å². The molecule has 0 spiro atoms. The minimum atomic E-state index is -2.09. The van der Waals surface area contributed by atoms with Gasteiger partial charge in [-0.2, -0.15) is 0 Å². The van der Waals surface area contributed by atoms with Crippen molar-refractivity contribution in [3.8, 4) is 0 Å². The average molecular weight is 355 g/mol. The summed E-state index contributed by atoms with van der Waals surface area (Å²) in [5, 5.41) is 0. The van der Waals surface area contributed by atoms with Gasteiger partial charge in [-0.15, -0.1) is 0 Å². The fourth-order valence-corrected chi connectivity index (χ4v) is 6.45. The SMILES string of the molecule is CCCCCCCCOP(=S)(OCCCC)SCCCC. The Morgan fingerprint density at radius 2 is 1.24 bits per heavy atom. The lowest BCUT2D eigenvalue weighted by atomic mass is 10.1. The van der Waals surface area contributed by atoms with E-state index in [0.29, 0.717) is 0 Å². The van der Waals surface area contributed by atoms with Crippen LogP contribution in [0.5, 0.6) is 0 Å². The number of hydrogen-bond acceptors (Lipinski definition) is 4. The summed E-state index contributed by atoms with van der Waals surface area (Å²) in [4.78, 5) is 0. The summed E-state index contributed by atoms with van der Waals surface area (Å²) in [6, 6.07) is 0. The Balaban J connectivity index is 3.88. The molecular formula is C16H35O2PS2. The van der Waals surface area contributed by atoms with Gasteiger partial charge in [0.2, 0.25) is 5.69 Å². The molecule has 0 heterocycles. The highest BCUT2D eigenvalue weighted by Crippen LogP contribution is 2.61. The Hall–Kier alpha value is 0.920. The summed E-state index contributed by atoms with van der Waals surface area (Å²) < 4.78 is 11.9. The molecule has 0 amide bonds. The maximum Gasteiger partial charge on any atom is 0.247 e. The van der Waals surface area contributed by atoms with Crippen molar-refractivity contribution in [2.75, 3.05) is 19.0 Å². The Kier molecular flexibility index (Phi) is 16.5. The van der Waals surface area contributed by atoms with Crippen LogP contribution in [0.25, 0.3) is 0 Å². The van der Waals surface area contributed by atoms with Gasteiger partial charge in [-0.3, -0.25) is 0 Å². The van der Waals surface area contributed by atoms with E-state index in [-0.39, 0.29) is 0 Å². The van der Waals surface area contributed by atoms with E-state index < -0.39 is 5.69 Å². The van der Waals surface area contributed by atoms with Crippen LogP contribution in [0.1, 0.15) is 85.0 Å². The van der Waals surface area contributed by atoms with Crippen LogP contribution in [0.15, 0.2) is 0 Å². The first kappa shape index (κ1) is 21.9. The second-order valence-electron chi connectivity index (χ2n) is 5.42. The van der Waals surface area contributed by atoms with Gasteiger partial charge in [0.05, 0.1) is 13.2 Å². The van der Waals surface area contributed by atoms with Crippen LogP contribution < -0.4 is 0 Å². The van der Waals surface area contributed by atoms with Crippen molar-refractivity contribution >= 4 is 28.9 Å². The number of rotatable bonds is 16. The molecule has 1 unspecified atom stereocenters. The minimum Gasteiger partial charge on any atom is -0.322 e. The zero-order valence-corrected chi connectivity index (χ0v) is 16.8. The first-order valence-corrected chi connectivity index (χ1v) is 12.9. The average Bonchev–Trinajstić information content (AvgIpc) is 2.47. The molecule has 0 saturated heterocycles. The predicted molar refractivity (Wildman–Crippen MR) is 102 cm³/mol. The molecule has 0 aromatic rings. The summed E-state index contributed by atoms with van der Waals surface area (Å²) in [6.07, 6.45) is 12.3. The second-order valence-corrected chi connectivity index (χ2v) is 11.9. The van der Waals surface area contributed by atoms with Crippen LogP contribution in [0.3, 0.4) is 0 Å². The van der Waals surface area contributed by atoms with E-state index in [9.17, 15) is 0 Å². The smallest absolute Gasteiger partial charge is 0.247 e. The first-order valence-electron chi connectivity index (χ1n) is 8.72. The Bertz CT molecular complexity index is 249. The van der Waals surface area contributed by atoms with E-state index in [0.717, 1.165) is 38.2 Å². The zero-order chi connectivity index (χ0) is 15.8. The molecule has 0 aliphatic carbocycles. The van der Waals surface area contributed by atoms with Gasteiger partial charge >= 0.3 is 0 Å². The van der Waals surface area contributed by atoms with E-state index in [4.69, 9.17) is 20.9 Å². The third-order valence-electron chi connectivity index (χ3n) is 3.24. The Morgan fingerprint density at radius 1 is 0.714 bits per heavy atom. The highest BCUT2D eigenvalue weighted by Gasteiger charge is 2.19. The lowest BCUT2D eigenvalue weighted by molar-refractivity contribution is 0.251. The summed E-state index contributed by atoms with van der Waals surface area (Å²) in [6.45, 7) is 8.16. The van der Waals surface area contributed by atoms with Crippen LogP contribution in [0.2, 0.25) is 0 Å². The predicted octanol–water partition coefficient (Wildman–Crippen LogP) is 6.94. The molecule has 0 aliphatic heterocycles. The molecule has 0 saturated carbocycles. The topological polar surface area (TPSA) is 18.5 Å². The van der Waals surface area contributed by atoms with E-state index >= 15 is 0 Å². The molecule has 0 rings (SSSR count). The van der Waals surface area contributed by atoms with E-state index in [1.165, 1.54) is 44.9 Å². The van der Waals surface area contributed by atoms with Crippen molar-refractivity contribution in [2.24, 2.45) is 0 Å². The first-order chi connectivity index (χ1) is 10.2. The van der Waals surface area contributed by atoms with Gasteiger partial charge in [-0.1, -0.05) is 77.1 Å². The molecular weight excluding hydrogens is 319 g/mol. The molecule has 0 radical (unpaired) electrons. The van der Waals surface area contributed by atoms with Crippen molar-refractivity contribution in [3.05, 3.63) is 0 Å². The molecule has 21 heavy (non-hydrogen) atoms.